The van der Waals surface area contributed by atoms with Gasteiger partial charge < -0.3 is 10.2 Å². The summed E-state index contributed by atoms with van der Waals surface area (Å²) >= 11 is 1.64. The van der Waals surface area contributed by atoms with Crippen molar-refractivity contribution in [3.8, 4) is 0 Å². The molecule has 0 radical (unpaired) electrons. The van der Waals surface area contributed by atoms with Gasteiger partial charge in [-0.2, -0.15) is 0 Å². The maximum absolute atomic E-state index is 14.6. The lowest BCUT2D eigenvalue weighted by atomic mass is 9.86. The molecule has 0 aromatic heterocycles. The maximum atomic E-state index is 14.6. The van der Waals surface area contributed by atoms with Crippen molar-refractivity contribution < 1.29 is 14.0 Å². The summed E-state index contributed by atoms with van der Waals surface area (Å²) < 4.78 is 14.6. The van der Waals surface area contributed by atoms with Gasteiger partial charge in [-0.1, -0.05) is 45.0 Å². The van der Waals surface area contributed by atoms with Crippen molar-refractivity contribution in [3.63, 3.8) is 0 Å². The van der Waals surface area contributed by atoms with Gasteiger partial charge in [-0.15, -0.1) is 11.8 Å². The first kappa shape index (κ1) is 31.1. The molecule has 228 valence electrons. The summed E-state index contributed by atoms with van der Waals surface area (Å²) in [6.45, 7) is 12.0. The Kier molecular flexibility index (Phi) is 10.1. The third-order valence-electron chi connectivity index (χ3n) is 8.74. The number of rotatable bonds is 11. The monoisotopic (exact) mass is 603 g/mol. The molecule has 2 unspecified atom stereocenters. The molecular formula is C34H42FN5O2S. The molecule has 1 N–H and O–H groups in total. The van der Waals surface area contributed by atoms with Crippen LogP contribution in [0.25, 0.3) is 0 Å². The molecule has 9 heteroatoms. The molecule has 0 saturated carbocycles. The van der Waals surface area contributed by atoms with Crippen LogP contribution in [0.4, 0.5) is 10.1 Å². The van der Waals surface area contributed by atoms with E-state index in [1.54, 1.807) is 24.8 Å². The number of likely N-dealkylation sites (tertiary alicyclic amines) is 1. The van der Waals surface area contributed by atoms with Crippen molar-refractivity contribution in [2.45, 2.75) is 46.6 Å². The summed E-state index contributed by atoms with van der Waals surface area (Å²) in [6, 6.07) is 12.7. The van der Waals surface area contributed by atoms with Gasteiger partial charge in [-0.3, -0.25) is 24.5 Å². The quantitative estimate of drug-likeness (QED) is 0.339. The lowest BCUT2D eigenvalue weighted by molar-refractivity contribution is -0.108. The molecule has 5 rings (SSSR count). The minimum absolute atomic E-state index is 0.266. The first-order valence-electron chi connectivity index (χ1n) is 15.3. The van der Waals surface area contributed by atoms with E-state index >= 15 is 0 Å². The van der Waals surface area contributed by atoms with E-state index in [0.717, 1.165) is 67.4 Å². The second kappa shape index (κ2) is 14.0. The highest BCUT2D eigenvalue weighted by atomic mass is 32.2. The number of benzene rings is 2. The molecule has 7 nitrogen and oxygen atoms in total. The summed E-state index contributed by atoms with van der Waals surface area (Å²) in [4.78, 5) is 38.5. The van der Waals surface area contributed by atoms with E-state index in [4.69, 9.17) is 4.99 Å². The first-order chi connectivity index (χ1) is 20.8. The van der Waals surface area contributed by atoms with E-state index in [0.29, 0.717) is 47.5 Å². The van der Waals surface area contributed by atoms with Gasteiger partial charge in [0.2, 0.25) is 6.41 Å². The summed E-state index contributed by atoms with van der Waals surface area (Å²) in [5, 5.41) is 4.27. The number of carbonyl (C=O) groups excluding carboxylic acids is 2. The predicted molar refractivity (Wildman–Crippen MR) is 174 cm³/mol. The van der Waals surface area contributed by atoms with E-state index in [9.17, 15) is 14.0 Å². The highest BCUT2D eigenvalue weighted by Crippen LogP contribution is 2.34. The van der Waals surface area contributed by atoms with E-state index in [1.165, 1.54) is 11.6 Å². The fourth-order valence-corrected chi connectivity index (χ4v) is 7.01. The predicted octanol–water partition coefficient (Wildman–Crippen LogP) is 5.59. The molecule has 2 aromatic carbocycles. The summed E-state index contributed by atoms with van der Waals surface area (Å²) in [5.74, 6) is 2.51. The normalized spacial score (nSPS) is 22.7. The Balaban J connectivity index is 1.36. The maximum Gasteiger partial charge on any atom is 0.214 e. The fourth-order valence-electron chi connectivity index (χ4n) is 6.21. The minimum atomic E-state index is -0.605. The number of anilines is 1. The topological polar surface area (TPSA) is 77.4 Å². The molecule has 0 spiro atoms. The highest BCUT2D eigenvalue weighted by molar-refractivity contribution is 8.16. The Morgan fingerprint density at radius 3 is 2.65 bits per heavy atom. The molecule has 3 heterocycles. The molecular weight excluding hydrogens is 561 g/mol. The number of amidine groups is 1. The summed E-state index contributed by atoms with van der Waals surface area (Å²) in [7, 11) is 0. The van der Waals surface area contributed by atoms with Gasteiger partial charge in [0.15, 0.2) is 5.84 Å². The molecule has 3 atom stereocenters. The second-order valence-electron chi connectivity index (χ2n) is 12.3. The van der Waals surface area contributed by atoms with E-state index in [2.05, 4.69) is 48.1 Å². The Hall–Kier alpha value is -3.30. The molecule has 2 aromatic rings. The minimum Gasteiger partial charge on any atom is -0.340 e. The van der Waals surface area contributed by atoms with Crippen molar-refractivity contribution in [2.24, 2.45) is 27.7 Å². The van der Waals surface area contributed by atoms with Crippen LogP contribution in [-0.4, -0.2) is 67.0 Å². The molecule has 1 saturated heterocycles. The Morgan fingerprint density at radius 2 is 1.98 bits per heavy atom. The number of carbonyl (C=O) groups is 2. The van der Waals surface area contributed by atoms with Crippen LogP contribution in [0.1, 0.15) is 49.9 Å². The third kappa shape index (κ3) is 7.27. The van der Waals surface area contributed by atoms with Crippen LogP contribution in [0.2, 0.25) is 0 Å². The van der Waals surface area contributed by atoms with Gasteiger partial charge in [-0.05, 0) is 79.0 Å². The lowest BCUT2D eigenvalue weighted by Gasteiger charge is -2.40. The van der Waals surface area contributed by atoms with Gasteiger partial charge >= 0.3 is 0 Å². The van der Waals surface area contributed by atoms with Crippen LogP contribution in [-0.2, 0) is 16.0 Å². The lowest BCUT2D eigenvalue weighted by Crippen LogP contribution is -2.47. The number of nitrogens with one attached hydrogen (secondary N) is 1. The number of hydrogen-bond donors (Lipinski definition) is 1. The van der Waals surface area contributed by atoms with Gasteiger partial charge in [0.1, 0.15) is 23.2 Å². The number of amides is 1. The van der Waals surface area contributed by atoms with Crippen LogP contribution in [0, 0.1) is 30.5 Å². The van der Waals surface area contributed by atoms with Gasteiger partial charge in [0.05, 0.1) is 0 Å². The Bertz CT molecular complexity index is 1420. The number of thioether (sulfide) groups is 1. The number of halogens is 1. The van der Waals surface area contributed by atoms with Gasteiger partial charge in [0.25, 0.3) is 0 Å². The van der Waals surface area contributed by atoms with Gasteiger partial charge in [-0.25, -0.2) is 4.39 Å². The molecule has 0 bridgehead atoms. The smallest absolute Gasteiger partial charge is 0.214 e. The number of aliphatic imine (C=N–C) groups is 2. The molecule has 0 aliphatic carbocycles. The number of aldehydes is 1. The highest BCUT2D eigenvalue weighted by Gasteiger charge is 2.33. The SMILES string of the molecule is Cc1c(F)cccc1[C@@H]1N=C(C2=NCCS2)NC(CN2CCC(C)C(CN(C=O)c3ccc(CC(C)C)cc3)C2)=C1C=O. The third-order valence-corrected chi connectivity index (χ3v) is 9.72. The Labute approximate surface area is 258 Å². The zero-order valence-electron chi connectivity index (χ0n) is 25.6. The average Bonchev–Trinajstić information content (AvgIpc) is 3.54. The molecule has 1 amide bonds. The van der Waals surface area contributed by atoms with E-state index < -0.39 is 6.04 Å². The van der Waals surface area contributed by atoms with Crippen molar-refractivity contribution in [1.29, 1.82) is 0 Å². The Morgan fingerprint density at radius 1 is 1.19 bits per heavy atom. The average molecular weight is 604 g/mol. The largest absolute Gasteiger partial charge is 0.340 e. The molecule has 43 heavy (non-hydrogen) atoms. The zero-order chi connectivity index (χ0) is 30.5. The van der Waals surface area contributed by atoms with Crippen LogP contribution >= 0.6 is 11.8 Å². The van der Waals surface area contributed by atoms with E-state index in [-0.39, 0.29) is 11.7 Å². The van der Waals surface area contributed by atoms with Crippen molar-refractivity contribution in [2.75, 3.05) is 43.4 Å². The summed E-state index contributed by atoms with van der Waals surface area (Å²) in [6.07, 6.45) is 3.81. The van der Waals surface area contributed by atoms with Gasteiger partial charge in [0, 0.05) is 48.9 Å². The van der Waals surface area contributed by atoms with Crippen molar-refractivity contribution >= 4 is 41.0 Å². The van der Waals surface area contributed by atoms with Crippen LogP contribution < -0.4 is 10.2 Å². The van der Waals surface area contributed by atoms with Crippen LogP contribution in [0.15, 0.2) is 63.7 Å². The standard InChI is InChI=1S/C34H42FN5O2S/c1-22(2)16-25-8-10-27(11-9-25)40(21-42)18-26-17-39(14-12-23(26)3)19-31-29(20-41)32(28-6-5-7-30(35)24(28)4)38-33(37-31)34-36-13-15-43-34/h5-11,20-23,26,32H,12-19H2,1-4H3,(H,37,38)/t23?,26?,32-/m0/s1. The fraction of sp³-hybridized carbons (Fsp3) is 0.471. The van der Waals surface area contributed by atoms with Crippen molar-refractivity contribution in [3.05, 3.63) is 76.2 Å². The number of piperidine rings is 1. The van der Waals surface area contributed by atoms with Crippen LogP contribution in [0.3, 0.4) is 0 Å². The number of hydrogen-bond acceptors (Lipinski definition) is 7. The molecule has 1 fully saturated rings. The molecule has 3 aliphatic heterocycles. The van der Waals surface area contributed by atoms with E-state index in [1.807, 2.05) is 23.1 Å². The molecule has 3 aliphatic rings. The summed E-state index contributed by atoms with van der Waals surface area (Å²) in [5.41, 5.74) is 4.68. The van der Waals surface area contributed by atoms with Crippen LogP contribution in [0.5, 0.6) is 0 Å². The zero-order valence-corrected chi connectivity index (χ0v) is 26.4. The second-order valence-corrected chi connectivity index (χ2v) is 13.4. The van der Waals surface area contributed by atoms with Crippen molar-refractivity contribution in [1.82, 2.24) is 10.2 Å². The number of nitrogens with zero attached hydrogens (tertiary/aromatic N) is 4. The first-order valence-corrected chi connectivity index (χ1v) is 16.2.